The Labute approximate surface area is 102 Å². The van der Waals surface area contributed by atoms with Gasteiger partial charge in [-0.3, -0.25) is 0 Å². The number of aromatic nitrogens is 2. The van der Waals surface area contributed by atoms with Crippen LogP contribution in [0.5, 0.6) is 0 Å². The third kappa shape index (κ3) is 2.42. The summed E-state index contributed by atoms with van der Waals surface area (Å²) < 4.78 is 2.14. The van der Waals surface area contributed by atoms with E-state index < -0.39 is 0 Å². The van der Waals surface area contributed by atoms with E-state index in [9.17, 15) is 0 Å². The number of aryl methyl sites for hydroxylation is 1. The predicted molar refractivity (Wildman–Crippen MR) is 72.5 cm³/mol. The molecule has 0 amide bonds. The van der Waals surface area contributed by atoms with E-state index in [1.807, 2.05) is 12.1 Å². The Morgan fingerprint density at radius 3 is 2.82 bits per heavy atom. The molecule has 0 fully saturated rings. The summed E-state index contributed by atoms with van der Waals surface area (Å²) in [5.74, 6) is 1.02. The third-order valence-corrected chi connectivity index (χ3v) is 2.98. The van der Waals surface area contributed by atoms with Crippen LogP contribution in [-0.4, -0.2) is 36.2 Å². The van der Waals surface area contributed by atoms with Gasteiger partial charge < -0.3 is 14.8 Å². The molecule has 0 radical (unpaired) electrons. The van der Waals surface area contributed by atoms with Crippen LogP contribution in [0.2, 0.25) is 0 Å². The Kier molecular flexibility index (Phi) is 3.64. The molecule has 2 aromatic rings. The molecule has 0 bridgehead atoms. The Balaban J connectivity index is 2.20. The molecule has 0 atom stereocenters. The van der Waals surface area contributed by atoms with Crippen molar-refractivity contribution in [1.82, 2.24) is 14.9 Å². The number of rotatable bonds is 5. The fourth-order valence-electron chi connectivity index (χ4n) is 2.00. The molecule has 1 heterocycles. The minimum absolute atomic E-state index is 0.963. The zero-order valence-corrected chi connectivity index (χ0v) is 10.8. The first-order valence-corrected chi connectivity index (χ1v) is 6.07. The highest BCUT2D eigenvalue weighted by Gasteiger charge is 2.10. The molecule has 4 nitrogen and oxygen atoms in total. The predicted octanol–water partition coefficient (Wildman–Crippen LogP) is 1.62. The maximum Gasteiger partial charge on any atom is 0.206 e. The van der Waals surface area contributed by atoms with Crippen LogP contribution >= 0.6 is 0 Å². The van der Waals surface area contributed by atoms with Crippen LogP contribution in [0.15, 0.2) is 24.3 Å². The number of benzene rings is 1. The molecule has 1 N–H and O–H groups in total. The average molecular weight is 232 g/mol. The number of nitrogens with zero attached hydrogens (tertiary/aromatic N) is 3. The van der Waals surface area contributed by atoms with Crippen molar-refractivity contribution in [3.63, 3.8) is 0 Å². The summed E-state index contributed by atoms with van der Waals surface area (Å²) in [6, 6.07) is 8.23. The average Bonchev–Trinajstić information content (AvgIpc) is 2.68. The standard InChI is InChI=1S/C13H20N4/c1-4-14-9-10-16(2)13-15-11-7-5-6-8-12(11)17(13)3/h5-8,14H,4,9-10H2,1-3H3. The van der Waals surface area contributed by atoms with E-state index in [0.29, 0.717) is 0 Å². The van der Waals surface area contributed by atoms with E-state index >= 15 is 0 Å². The molecule has 1 aromatic carbocycles. The van der Waals surface area contributed by atoms with E-state index in [1.165, 1.54) is 5.52 Å². The van der Waals surface area contributed by atoms with Crippen molar-refractivity contribution < 1.29 is 0 Å². The molecular weight excluding hydrogens is 212 g/mol. The highest BCUT2D eigenvalue weighted by molar-refractivity contribution is 5.78. The van der Waals surface area contributed by atoms with Gasteiger partial charge in [-0.25, -0.2) is 4.98 Å². The lowest BCUT2D eigenvalue weighted by Gasteiger charge is -2.18. The van der Waals surface area contributed by atoms with E-state index in [0.717, 1.165) is 31.1 Å². The minimum Gasteiger partial charge on any atom is -0.344 e. The van der Waals surface area contributed by atoms with Gasteiger partial charge in [0.05, 0.1) is 11.0 Å². The largest absolute Gasteiger partial charge is 0.344 e. The van der Waals surface area contributed by atoms with Gasteiger partial charge in [-0.1, -0.05) is 19.1 Å². The van der Waals surface area contributed by atoms with Crippen molar-refractivity contribution in [3.8, 4) is 0 Å². The highest BCUT2D eigenvalue weighted by atomic mass is 15.3. The van der Waals surface area contributed by atoms with Gasteiger partial charge in [-0.05, 0) is 18.7 Å². The van der Waals surface area contributed by atoms with Crippen molar-refractivity contribution in [2.75, 3.05) is 31.6 Å². The SMILES string of the molecule is CCNCCN(C)c1nc2ccccc2n1C. The Hall–Kier alpha value is -1.55. The summed E-state index contributed by atoms with van der Waals surface area (Å²) in [7, 11) is 4.15. The highest BCUT2D eigenvalue weighted by Crippen LogP contribution is 2.19. The van der Waals surface area contributed by atoms with Crippen LogP contribution in [0.25, 0.3) is 11.0 Å². The second kappa shape index (κ2) is 5.19. The normalized spacial score (nSPS) is 11.0. The van der Waals surface area contributed by atoms with Crippen LogP contribution in [0.3, 0.4) is 0 Å². The van der Waals surface area contributed by atoms with E-state index in [-0.39, 0.29) is 0 Å². The molecule has 17 heavy (non-hydrogen) atoms. The van der Waals surface area contributed by atoms with Gasteiger partial charge in [0.25, 0.3) is 0 Å². The number of hydrogen-bond acceptors (Lipinski definition) is 3. The summed E-state index contributed by atoms with van der Waals surface area (Å²) in [5, 5.41) is 3.32. The number of hydrogen-bond donors (Lipinski definition) is 1. The first kappa shape index (κ1) is 11.9. The molecule has 0 aliphatic carbocycles. The van der Waals surface area contributed by atoms with Gasteiger partial charge in [-0.2, -0.15) is 0 Å². The van der Waals surface area contributed by atoms with Crippen LogP contribution in [-0.2, 0) is 7.05 Å². The number of likely N-dealkylation sites (N-methyl/N-ethyl adjacent to an activating group) is 2. The molecule has 92 valence electrons. The molecule has 0 spiro atoms. The quantitative estimate of drug-likeness (QED) is 0.795. The minimum atomic E-state index is 0.963. The molecule has 0 unspecified atom stereocenters. The molecule has 0 saturated carbocycles. The molecule has 4 heteroatoms. The summed E-state index contributed by atoms with van der Waals surface area (Å²) in [4.78, 5) is 6.84. The molecule has 0 aliphatic heterocycles. The van der Waals surface area contributed by atoms with Crippen molar-refractivity contribution >= 4 is 17.0 Å². The van der Waals surface area contributed by atoms with Crippen LogP contribution in [0.1, 0.15) is 6.92 Å². The zero-order chi connectivity index (χ0) is 12.3. The maximum absolute atomic E-state index is 4.65. The summed E-state index contributed by atoms with van der Waals surface area (Å²) in [6.07, 6.45) is 0. The van der Waals surface area contributed by atoms with Crippen molar-refractivity contribution in [2.45, 2.75) is 6.92 Å². The lowest BCUT2D eigenvalue weighted by Crippen LogP contribution is -2.30. The smallest absolute Gasteiger partial charge is 0.206 e. The van der Waals surface area contributed by atoms with Gasteiger partial charge in [0.15, 0.2) is 0 Å². The number of para-hydroxylation sites is 2. The number of fused-ring (bicyclic) bond motifs is 1. The molecule has 0 saturated heterocycles. The van der Waals surface area contributed by atoms with Crippen LogP contribution in [0.4, 0.5) is 5.95 Å². The van der Waals surface area contributed by atoms with Gasteiger partial charge in [0, 0.05) is 27.2 Å². The fraction of sp³-hybridized carbons (Fsp3) is 0.462. The van der Waals surface area contributed by atoms with E-state index in [2.05, 4.69) is 52.9 Å². The summed E-state index contributed by atoms with van der Waals surface area (Å²) in [5.41, 5.74) is 2.23. The third-order valence-electron chi connectivity index (χ3n) is 2.98. The van der Waals surface area contributed by atoms with Crippen molar-refractivity contribution in [3.05, 3.63) is 24.3 Å². The maximum atomic E-state index is 4.65. The molecule has 0 aliphatic rings. The lowest BCUT2D eigenvalue weighted by molar-refractivity contribution is 0.692. The van der Waals surface area contributed by atoms with Crippen molar-refractivity contribution in [1.29, 1.82) is 0 Å². The molecule has 2 rings (SSSR count). The Bertz CT molecular complexity index is 489. The van der Waals surface area contributed by atoms with Crippen molar-refractivity contribution in [2.24, 2.45) is 7.05 Å². The molecule has 1 aromatic heterocycles. The second-order valence-electron chi connectivity index (χ2n) is 4.23. The van der Waals surface area contributed by atoms with Gasteiger partial charge in [0.2, 0.25) is 5.95 Å². The Morgan fingerprint density at radius 1 is 1.35 bits per heavy atom. The van der Waals surface area contributed by atoms with E-state index in [1.54, 1.807) is 0 Å². The monoisotopic (exact) mass is 232 g/mol. The van der Waals surface area contributed by atoms with Crippen LogP contribution in [0, 0.1) is 0 Å². The van der Waals surface area contributed by atoms with E-state index in [4.69, 9.17) is 0 Å². The zero-order valence-electron chi connectivity index (χ0n) is 10.8. The summed E-state index contributed by atoms with van der Waals surface area (Å²) >= 11 is 0. The first-order chi connectivity index (χ1) is 8.24. The number of imidazole rings is 1. The fourth-order valence-corrected chi connectivity index (χ4v) is 2.00. The first-order valence-electron chi connectivity index (χ1n) is 6.07. The lowest BCUT2D eigenvalue weighted by atomic mass is 10.3. The van der Waals surface area contributed by atoms with Crippen LogP contribution < -0.4 is 10.2 Å². The van der Waals surface area contributed by atoms with Gasteiger partial charge in [0.1, 0.15) is 0 Å². The molecular formula is C13H20N4. The topological polar surface area (TPSA) is 33.1 Å². The van der Waals surface area contributed by atoms with Gasteiger partial charge >= 0.3 is 0 Å². The van der Waals surface area contributed by atoms with Gasteiger partial charge in [-0.15, -0.1) is 0 Å². The summed E-state index contributed by atoms with van der Waals surface area (Å²) in [6.45, 7) is 5.08. The second-order valence-corrected chi connectivity index (χ2v) is 4.23. The number of anilines is 1. The number of nitrogens with one attached hydrogen (secondary N) is 1. The Morgan fingerprint density at radius 2 is 2.12 bits per heavy atom.